The van der Waals surface area contributed by atoms with Crippen molar-refractivity contribution in [2.45, 2.75) is 39.3 Å². The van der Waals surface area contributed by atoms with E-state index in [4.69, 9.17) is 0 Å². The van der Waals surface area contributed by atoms with Gasteiger partial charge in [-0.1, -0.05) is 0 Å². The summed E-state index contributed by atoms with van der Waals surface area (Å²) in [5.41, 5.74) is -0.424. The van der Waals surface area contributed by atoms with E-state index >= 15 is 0 Å². The van der Waals surface area contributed by atoms with Crippen molar-refractivity contribution in [2.24, 2.45) is 0 Å². The summed E-state index contributed by atoms with van der Waals surface area (Å²) in [5, 5.41) is 18.4. The molecule has 0 saturated heterocycles. The van der Waals surface area contributed by atoms with Crippen molar-refractivity contribution in [2.75, 3.05) is 6.54 Å². The number of nitrogens with one attached hydrogen (secondary N) is 2. The first-order valence-corrected chi connectivity index (χ1v) is 6.10. The predicted molar refractivity (Wildman–Crippen MR) is 69.6 cm³/mol. The number of H-pyrrole nitrogens is 1. The minimum Gasteiger partial charge on any atom is -0.480 e. The minimum absolute atomic E-state index is 0.245. The number of amides is 2. The number of carbonyl (C=O) groups is 2. The molecule has 1 aromatic rings. The Morgan fingerprint density at radius 2 is 2.21 bits per heavy atom. The molecule has 0 saturated carbocycles. The van der Waals surface area contributed by atoms with Crippen LogP contribution in [0.2, 0.25) is 0 Å². The van der Waals surface area contributed by atoms with E-state index in [-0.39, 0.29) is 6.04 Å². The van der Waals surface area contributed by atoms with E-state index in [1.54, 1.807) is 19.3 Å². The smallest absolute Gasteiger partial charge is 0.329 e. The molecule has 1 atom stereocenters. The Morgan fingerprint density at radius 1 is 1.58 bits per heavy atom. The molecule has 19 heavy (non-hydrogen) atoms. The van der Waals surface area contributed by atoms with Gasteiger partial charge in [-0.2, -0.15) is 5.10 Å². The van der Waals surface area contributed by atoms with Gasteiger partial charge in [0.05, 0.1) is 12.2 Å². The van der Waals surface area contributed by atoms with Gasteiger partial charge in [-0.3, -0.25) is 5.10 Å². The maximum Gasteiger partial charge on any atom is 0.329 e. The molecule has 0 aliphatic heterocycles. The Kier molecular flexibility index (Phi) is 4.52. The van der Waals surface area contributed by atoms with Crippen molar-refractivity contribution in [3.63, 3.8) is 0 Å². The molecular weight excluding hydrogens is 248 g/mol. The predicted octanol–water partition coefficient (Wildman–Crippen LogP) is 1.37. The van der Waals surface area contributed by atoms with E-state index in [1.807, 2.05) is 6.92 Å². The number of likely N-dealkylation sites (N-methyl/N-ethyl adjacent to an activating group) is 1. The molecule has 7 heteroatoms. The molecule has 1 unspecified atom stereocenters. The SMILES string of the molecule is CCN(C(=O)NC(C)c1cn[nH]c1)C(C)(C)C(=O)O. The first-order valence-electron chi connectivity index (χ1n) is 6.10. The van der Waals surface area contributed by atoms with Gasteiger partial charge < -0.3 is 15.3 Å². The second-order valence-electron chi connectivity index (χ2n) is 4.81. The van der Waals surface area contributed by atoms with Crippen molar-refractivity contribution < 1.29 is 14.7 Å². The zero-order chi connectivity index (χ0) is 14.6. The largest absolute Gasteiger partial charge is 0.480 e. The molecule has 106 valence electrons. The van der Waals surface area contributed by atoms with Crippen LogP contribution in [0.5, 0.6) is 0 Å². The van der Waals surface area contributed by atoms with Crippen molar-refractivity contribution >= 4 is 12.0 Å². The van der Waals surface area contributed by atoms with E-state index in [0.717, 1.165) is 5.56 Å². The average Bonchev–Trinajstić information content (AvgIpc) is 2.82. The first-order chi connectivity index (χ1) is 8.80. The molecular formula is C12H20N4O3. The Morgan fingerprint density at radius 3 is 2.63 bits per heavy atom. The topological polar surface area (TPSA) is 98.3 Å². The summed E-state index contributed by atoms with van der Waals surface area (Å²) in [4.78, 5) is 24.6. The lowest BCUT2D eigenvalue weighted by atomic mass is 10.0. The molecule has 7 nitrogen and oxygen atoms in total. The second kappa shape index (κ2) is 5.73. The zero-order valence-corrected chi connectivity index (χ0v) is 11.6. The minimum atomic E-state index is -1.26. The maximum atomic E-state index is 12.2. The molecule has 0 fully saturated rings. The Balaban J connectivity index is 2.78. The average molecular weight is 268 g/mol. The highest BCUT2D eigenvalue weighted by Crippen LogP contribution is 2.17. The highest BCUT2D eigenvalue weighted by atomic mass is 16.4. The number of carbonyl (C=O) groups excluding carboxylic acids is 1. The van der Waals surface area contributed by atoms with Crippen molar-refractivity contribution in [3.8, 4) is 0 Å². The molecule has 1 aromatic heterocycles. The van der Waals surface area contributed by atoms with Gasteiger partial charge in [0.1, 0.15) is 5.54 Å². The highest BCUT2D eigenvalue weighted by Gasteiger charge is 2.37. The monoisotopic (exact) mass is 268 g/mol. The van der Waals surface area contributed by atoms with Crippen LogP contribution < -0.4 is 5.32 Å². The summed E-state index contributed by atoms with van der Waals surface area (Å²) in [7, 11) is 0. The number of carboxylic acid groups (broad SMARTS) is 1. The summed E-state index contributed by atoms with van der Waals surface area (Å²) in [6, 6.07) is -0.659. The van der Waals surface area contributed by atoms with Crippen LogP contribution in [-0.4, -0.2) is 44.3 Å². The van der Waals surface area contributed by atoms with Gasteiger partial charge in [0.2, 0.25) is 0 Å². The second-order valence-corrected chi connectivity index (χ2v) is 4.81. The van der Waals surface area contributed by atoms with Crippen LogP contribution in [0.15, 0.2) is 12.4 Å². The van der Waals surface area contributed by atoms with Crippen LogP contribution in [0, 0.1) is 0 Å². The lowest BCUT2D eigenvalue weighted by Gasteiger charge is -2.34. The lowest BCUT2D eigenvalue weighted by molar-refractivity contribution is -0.147. The number of urea groups is 1. The normalized spacial score (nSPS) is 12.8. The maximum absolute atomic E-state index is 12.2. The van der Waals surface area contributed by atoms with Crippen LogP contribution in [0.4, 0.5) is 4.79 Å². The van der Waals surface area contributed by atoms with E-state index in [9.17, 15) is 14.7 Å². The quantitative estimate of drug-likeness (QED) is 0.751. The first kappa shape index (κ1) is 15.0. The van der Waals surface area contributed by atoms with Crippen LogP contribution in [0.1, 0.15) is 39.3 Å². The summed E-state index contributed by atoms with van der Waals surface area (Å²) in [5.74, 6) is -1.04. The van der Waals surface area contributed by atoms with Gasteiger partial charge in [-0.25, -0.2) is 9.59 Å². The number of nitrogens with zero attached hydrogens (tertiary/aromatic N) is 2. The summed E-state index contributed by atoms with van der Waals surface area (Å²) < 4.78 is 0. The molecule has 0 aliphatic carbocycles. The van der Waals surface area contributed by atoms with Crippen molar-refractivity contribution in [3.05, 3.63) is 18.0 Å². The third-order valence-corrected chi connectivity index (χ3v) is 3.12. The number of hydrogen-bond acceptors (Lipinski definition) is 3. The molecule has 1 rings (SSSR count). The van der Waals surface area contributed by atoms with Gasteiger partial charge in [0.25, 0.3) is 0 Å². The third kappa shape index (κ3) is 3.24. The van der Waals surface area contributed by atoms with Crippen LogP contribution in [0.25, 0.3) is 0 Å². The molecule has 0 aliphatic rings. The number of aromatic nitrogens is 2. The molecule has 2 amide bonds. The Bertz CT molecular complexity index is 442. The molecule has 0 aromatic carbocycles. The van der Waals surface area contributed by atoms with Crippen molar-refractivity contribution in [1.82, 2.24) is 20.4 Å². The fourth-order valence-electron chi connectivity index (χ4n) is 1.75. The lowest BCUT2D eigenvalue weighted by Crippen LogP contribution is -2.56. The number of aromatic amines is 1. The fourth-order valence-corrected chi connectivity index (χ4v) is 1.75. The van der Waals surface area contributed by atoms with Gasteiger partial charge in [-0.15, -0.1) is 0 Å². The van der Waals surface area contributed by atoms with Gasteiger partial charge >= 0.3 is 12.0 Å². The van der Waals surface area contributed by atoms with Gasteiger partial charge in [0, 0.05) is 18.3 Å². The van der Waals surface area contributed by atoms with Gasteiger partial charge in [-0.05, 0) is 27.7 Å². The van der Waals surface area contributed by atoms with Crippen LogP contribution in [-0.2, 0) is 4.79 Å². The van der Waals surface area contributed by atoms with Crippen LogP contribution in [0.3, 0.4) is 0 Å². The molecule has 3 N–H and O–H groups in total. The van der Waals surface area contributed by atoms with Crippen molar-refractivity contribution in [1.29, 1.82) is 0 Å². The fraction of sp³-hybridized carbons (Fsp3) is 0.583. The number of rotatable bonds is 5. The molecule has 1 heterocycles. The van der Waals surface area contributed by atoms with E-state index in [0.29, 0.717) is 6.54 Å². The van der Waals surface area contributed by atoms with E-state index < -0.39 is 17.5 Å². The number of hydrogen-bond donors (Lipinski definition) is 3. The van der Waals surface area contributed by atoms with E-state index in [2.05, 4.69) is 15.5 Å². The standard InChI is InChI=1S/C12H20N4O3/c1-5-16(12(3,4)10(17)18)11(19)15-8(2)9-6-13-14-7-9/h6-8H,5H2,1-4H3,(H,13,14)(H,15,19)(H,17,18). The summed E-state index contributed by atoms with van der Waals surface area (Å²) in [6.45, 7) is 6.86. The Hall–Kier alpha value is -2.05. The summed E-state index contributed by atoms with van der Waals surface area (Å²) in [6.07, 6.45) is 3.30. The number of carboxylic acids is 1. The molecule has 0 bridgehead atoms. The Labute approximate surface area is 112 Å². The molecule has 0 spiro atoms. The highest BCUT2D eigenvalue weighted by molar-refractivity contribution is 5.85. The third-order valence-electron chi connectivity index (χ3n) is 3.12. The zero-order valence-electron chi connectivity index (χ0n) is 11.6. The van der Waals surface area contributed by atoms with Crippen LogP contribution >= 0.6 is 0 Å². The molecule has 0 radical (unpaired) electrons. The van der Waals surface area contributed by atoms with Gasteiger partial charge in [0.15, 0.2) is 0 Å². The van der Waals surface area contributed by atoms with E-state index in [1.165, 1.54) is 18.7 Å². The number of aliphatic carboxylic acids is 1. The summed E-state index contributed by atoms with van der Waals surface area (Å²) >= 11 is 0.